The van der Waals surface area contributed by atoms with E-state index in [-0.39, 0.29) is 18.5 Å². The van der Waals surface area contributed by atoms with E-state index in [1.165, 1.54) is 6.07 Å². The van der Waals surface area contributed by atoms with E-state index in [1.807, 2.05) is 13.1 Å². The molecule has 0 N–H and O–H groups in total. The van der Waals surface area contributed by atoms with Crippen molar-refractivity contribution in [2.45, 2.75) is 12.6 Å². The zero-order valence-corrected chi connectivity index (χ0v) is 11.6. The third kappa shape index (κ3) is 2.78. The lowest BCUT2D eigenvalue weighted by Crippen LogP contribution is -2.32. The fourth-order valence-corrected chi connectivity index (χ4v) is 2.27. The second-order valence-corrected chi connectivity index (χ2v) is 4.68. The molecule has 0 saturated carbocycles. The van der Waals surface area contributed by atoms with Crippen LogP contribution in [0.1, 0.15) is 17.4 Å². The molecule has 0 aliphatic carbocycles. The quantitative estimate of drug-likeness (QED) is 0.848. The summed E-state index contributed by atoms with van der Waals surface area (Å²) in [5.74, 6) is -0.626. The van der Waals surface area contributed by atoms with Crippen molar-refractivity contribution in [1.29, 1.82) is 0 Å². The largest absolute Gasteiger partial charge is 0.484 e. The molecule has 1 unspecified atom stereocenters. The molecule has 1 atom stereocenters. The minimum atomic E-state index is -0.908. The van der Waals surface area contributed by atoms with Crippen molar-refractivity contribution >= 4 is 12.4 Å². The third-order valence-corrected chi connectivity index (χ3v) is 3.19. The molecule has 3 rings (SSSR count). The van der Waals surface area contributed by atoms with E-state index in [1.54, 1.807) is 6.26 Å². The van der Waals surface area contributed by atoms with Gasteiger partial charge in [0, 0.05) is 18.2 Å². The minimum absolute atomic E-state index is 0. The number of rotatable bonds is 2. The number of halogens is 3. The highest BCUT2D eigenvalue weighted by atomic mass is 35.5. The van der Waals surface area contributed by atoms with E-state index in [0.29, 0.717) is 12.3 Å². The maximum atomic E-state index is 13.2. The molecule has 0 amide bonds. The number of ether oxygens (including phenoxy) is 1. The number of furan rings is 1. The van der Waals surface area contributed by atoms with Gasteiger partial charge in [0.2, 0.25) is 0 Å². The van der Waals surface area contributed by atoms with Crippen molar-refractivity contribution in [2.24, 2.45) is 0 Å². The van der Waals surface area contributed by atoms with Gasteiger partial charge >= 0.3 is 0 Å². The molecule has 2 aromatic rings. The number of hydrogen-bond acceptors (Lipinski definition) is 3. The first kappa shape index (κ1) is 14.8. The van der Waals surface area contributed by atoms with E-state index in [9.17, 15) is 8.78 Å². The van der Waals surface area contributed by atoms with Gasteiger partial charge in [0.25, 0.3) is 0 Å². The molecular weight excluding hydrogens is 288 g/mol. The smallest absolute Gasteiger partial charge is 0.162 e. The molecule has 2 heterocycles. The lowest BCUT2D eigenvalue weighted by molar-refractivity contribution is 0.119. The van der Waals surface area contributed by atoms with E-state index in [0.717, 1.165) is 30.0 Å². The van der Waals surface area contributed by atoms with Crippen LogP contribution in [0.25, 0.3) is 0 Å². The molecule has 3 nitrogen and oxygen atoms in total. The Morgan fingerprint density at radius 1 is 1.25 bits per heavy atom. The third-order valence-electron chi connectivity index (χ3n) is 3.19. The summed E-state index contributed by atoms with van der Waals surface area (Å²) in [6, 6.07) is 5.40. The molecular formula is C14H14ClF2NO2. The molecule has 0 radical (unpaired) electrons. The fourth-order valence-electron chi connectivity index (χ4n) is 2.27. The Hall–Kier alpha value is -1.59. The van der Waals surface area contributed by atoms with Crippen molar-refractivity contribution in [1.82, 2.24) is 4.90 Å². The predicted octanol–water partition coefficient (Wildman–Crippen LogP) is 3.55. The van der Waals surface area contributed by atoms with Crippen LogP contribution in [0.2, 0.25) is 0 Å². The first-order valence-electron chi connectivity index (χ1n) is 6.00. The molecule has 1 aromatic carbocycles. The van der Waals surface area contributed by atoms with Crippen molar-refractivity contribution in [2.75, 3.05) is 13.6 Å². The van der Waals surface area contributed by atoms with Crippen LogP contribution in [0, 0.1) is 11.6 Å². The number of likely N-dealkylation sites (N-methyl/N-ethyl adjacent to an activating group) is 1. The van der Waals surface area contributed by atoms with Crippen LogP contribution in [0.5, 0.6) is 5.75 Å². The molecule has 0 saturated heterocycles. The highest BCUT2D eigenvalue weighted by molar-refractivity contribution is 5.85. The summed E-state index contributed by atoms with van der Waals surface area (Å²) in [6.45, 7) is 1.39. The van der Waals surface area contributed by atoms with Gasteiger partial charge in [0.1, 0.15) is 17.6 Å². The Morgan fingerprint density at radius 2 is 2.05 bits per heavy atom. The van der Waals surface area contributed by atoms with Crippen LogP contribution in [0.3, 0.4) is 0 Å². The summed E-state index contributed by atoms with van der Waals surface area (Å²) in [6.07, 6.45) is 1.38. The van der Waals surface area contributed by atoms with Gasteiger partial charge in [0.05, 0.1) is 12.8 Å². The Kier molecular flexibility index (Phi) is 4.30. The summed E-state index contributed by atoms with van der Waals surface area (Å²) in [4.78, 5) is 2.05. The summed E-state index contributed by atoms with van der Waals surface area (Å²) < 4.78 is 37.2. The van der Waals surface area contributed by atoms with Crippen LogP contribution in [-0.2, 0) is 6.54 Å². The molecule has 1 aromatic heterocycles. The Bertz CT molecular complexity index is 603. The summed E-state index contributed by atoms with van der Waals surface area (Å²) in [5.41, 5.74) is 0.961. The second-order valence-electron chi connectivity index (χ2n) is 4.68. The topological polar surface area (TPSA) is 25.6 Å². The Morgan fingerprint density at radius 3 is 2.80 bits per heavy atom. The van der Waals surface area contributed by atoms with Crippen LogP contribution >= 0.6 is 12.4 Å². The second kappa shape index (κ2) is 5.81. The van der Waals surface area contributed by atoms with E-state index in [2.05, 4.69) is 4.90 Å². The maximum Gasteiger partial charge on any atom is 0.162 e. The van der Waals surface area contributed by atoms with E-state index < -0.39 is 11.6 Å². The average molecular weight is 302 g/mol. The zero-order valence-electron chi connectivity index (χ0n) is 10.8. The molecule has 1 aliphatic heterocycles. The number of nitrogens with zero attached hydrogens (tertiary/aromatic N) is 1. The SMILES string of the molecule is CN1Cc2occc2C(Oc2ccc(F)c(F)c2)C1.Cl. The molecule has 0 fully saturated rings. The van der Waals surface area contributed by atoms with Crippen LogP contribution < -0.4 is 4.74 Å². The van der Waals surface area contributed by atoms with Gasteiger partial charge in [-0.3, -0.25) is 4.90 Å². The van der Waals surface area contributed by atoms with E-state index >= 15 is 0 Å². The highest BCUT2D eigenvalue weighted by Crippen LogP contribution is 2.31. The molecule has 20 heavy (non-hydrogen) atoms. The zero-order chi connectivity index (χ0) is 13.4. The average Bonchev–Trinajstić information content (AvgIpc) is 2.82. The van der Waals surface area contributed by atoms with Gasteiger partial charge in [-0.05, 0) is 25.2 Å². The standard InChI is InChI=1S/C14H13F2NO2.ClH/c1-17-7-13-10(4-5-18-13)14(8-17)19-9-2-3-11(15)12(16)6-9;/h2-6,14H,7-8H2,1H3;1H. The highest BCUT2D eigenvalue weighted by Gasteiger charge is 2.27. The summed E-state index contributed by atoms with van der Waals surface area (Å²) in [5, 5.41) is 0. The minimum Gasteiger partial charge on any atom is -0.484 e. The maximum absolute atomic E-state index is 13.2. The van der Waals surface area contributed by atoms with Crippen molar-refractivity contribution < 1.29 is 17.9 Å². The van der Waals surface area contributed by atoms with Crippen molar-refractivity contribution in [3.63, 3.8) is 0 Å². The van der Waals surface area contributed by atoms with E-state index in [4.69, 9.17) is 9.15 Å². The first-order chi connectivity index (χ1) is 9.13. The fraction of sp³-hybridized carbons (Fsp3) is 0.286. The van der Waals surface area contributed by atoms with Gasteiger partial charge in [0.15, 0.2) is 11.6 Å². The van der Waals surface area contributed by atoms with Gasteiger partial charge < -0.3 is 9.15 Å². The van der Waals surface area contributed by atoms with Gasteiger partial charge in [-0.25, -0.2) is 8.78 Å². The van der Waals surface area contributed by atoms with Crippen LogP contribution in [0.4, 0.5) is 8.78 Å². The Balaban J connectivity index is 0.00000147. The first-order valence-corrected chi connectivity index (χ1v) is 6.00. The lowest BCUT2D eigenvalue weighted by Gasteiger charge is -2.29. The summed E-state index contributed by atoms with van der Waals surface area (Å²) >= 11 is 0. The number of fused-ring (bicyclic) bond motifs is 1. The van der Waals surface area contributed by atoms with Crippen LogP contribution in [0.15, 0.2) is 34.9 Å². The van der Waals surface area contributed by atoms with Gasteiger partial charge in [-0.15, -0.1) is 12.4 Å². The van der Waals surface area contributed by atoms with Crippen molar-refractivity contribution in [3.05, 3.63) is 53.5 Å². The van der Waals surface area contributed by atoms with Crippen LogP contribution in [-0.4, -0.2) is 18.5 Å². The summed E-state index contributed by atoms with van der Waals surface area (Å²) in [7, 11) is 1.95. The molecule has 0 spiro atoms. The molecule has 6 heteroatoms. The Labute approximate surface area is 121 Å². The monoisotopic (exact) mass is 301 g/mol. The number of benzene rings is 1. The van der Waals surface area contributed by atoms with Gasteiger partial charge in [-0.1, -0.05) is 0 Å². The lowest BCUT2D eigenvalue weighted by atomic mass is 10.1. The molecule has 0 bridgehead atoms. The van der Waals surface area contributed by atoms with Gasteiger partial charge in [-0.2, -0.15) is 0 Å². The number of hydrogen-bond donors (Lipinski definition) is 0. The normalized spacial score (nSPS) is 18.2. The predicted molar refractivity (Wildman–Crippen MR) is 72.0 cm³/mol. The molecule has 1 aliphatic rings. The van der Waals surface area contributed by atoms with Crippen molar-refractivity contribution in [3.8, 4) is 5.75 Å². The molecule has 108 valence electrons.